The second kappa shape index (κ2) is 8.36. The lowest BCUT2D eigenvalue weighted by atomic mass is 10.1. The number of hydrogen-bond donors (Lipinski definition) is 1. The molecule has 0 aliphatic carbocycles. The molecule has 6 nitrogen and oxygen atoms in total. The highest BCUT2D eigenvalue weighted by molar-refractivity contribution is 6.00. The Bertz CT molecular complexity index is 523. The van der Waals surface area contributed by atoms with E-state index in [1.165, 1.54) is 12.1 Å². The van der Waals surface area contributed by atoms with Gasteiger partial charge in [0.25, 0.3) is 11.6 Å². The zero-order valence-electron chi connectivity index (χ0n) is 13.8. The first-order valence-corrected chi connectivity index (χ1v) is 7.82. The van der Waals surface area contributed by atoms with Crippen molar-refractivity contribution in [3.63, 3.8) is 0 Å². The van der Waals surface area contributed by atoms with Gasteiger partial charge in [0.15, 0.2) is 0 Å². The van der Waals surface area contributed by atoms with Crippen LogP contribution in [0.1, 0.15) is 50.9 Å². The third-order valence-corrected chi connectivity index (χ3v) is 3.86. The lowest BCUT2D eigenvalue weighted by Crippen LogP contribution is -2.35. The molecule has 0 atom stereocenters. The van der Waals surface area contributed by atoms with Crippen LogP contribution in [-0.4, -0.2) is 30.0 Å². The number of carbonyl (C=O) groups is 1. The summed E-state index contributed by atoms with van der Waals surface area (Å²) >= 11 is 0. The van der Waals surface area contributed by atoms with Gasteiger partial charge in [-0.05, 0) is 32.8 Å². The van der Waals surface area contributed by atoms with E-state index >= 15 is 0 Å². The van der Waals surface area contributed by atoms with Gasteiger partial charge in [-0.3, -0.25) is 14.9 Å². The van der Waals surface area contributed by atoms with Crippen LogP contribution in [0, 0.1) is 10.1 Å². The number of non-ortho nitro benzene ring substituents is 1. The van der Waals surface area contributed by atoms with Crippen LogP contribution in [0.2, 0.25) is 0 Å². The Morgan fingerprint density at radius 3 is 2.27 bits per heavy atom. The maximum Gasteiger partial charge on any atom is 0.270 e. The summed E-state index contributed by atoms with van der Waals surface area (Å²) in [6.07, 6.45) is 1.66. The minimum Gasteiger partial charge on any atom is -0.371 e. The SMILES string of the molecule is CCC(CC)NC(=O)c1cc([N+](=O)[O-])ccc1N(CC)CC. The lowest BCUT2D eigenvalue weighted by Gasteiger charge is -2.24. The van der Waals surface area contributed by atoms with Crippen LogP contribution in [0.15, 0.2) is 18.2 Å². The van der Waals surface area contributed by atoms with E-state index < -0.39 is 4.92 Å². The van der Waals surface area contributed by atoms with Crippen molar-refractivity contribution in [2.45, 2.75) is 46.6 Å². The second-order valence-electron chi connectivity index (χ2n) is 5.12. The van der Waals surface area contributed by atoms with Gasteiger partial charge in [-0.1, -0.05) is 13.8 Å². The molecule has 0 heterocycles. The van der Waals surface area contributed by atoms with Crippen molar-refractivity contribution in [3.8, 4) is 0 Å². The summed E-state index contributed by atoms with van der Waals surface area (Å²) in [4.78, 5) is 25.1. The molecule has 22 heavy (non-hydrogen) atoms. The van der Waals surface area contributed by atoms with Crippen molar-refractivity contribution >= 4 is 17.3 Å². The third-order valence-electron chi connectivity index (χ3n) is 3.86. The summed E-state index contributed by atoms with van der Waals surface area (Å²) in [6, 6.07) is 4.55. The molecule has 0 radical (unpaired) electrons. The Morgan fingerprint density at radius 2 is 1.82 bits per heavy atom. The maximum absolute atomic E-state index is 12.5. The normalized spacial score (nSPS) is 10.6. The number of nitro benzene ring substituents is 1. The molecule has 1 amide bonds. The molecule has 1 rings (SSSR count). The highest BCUT2D eigenvalue weighted by Gasteiger charge is 2.20. The van der Waals surface area contributed by atoms with Gasteiger partial charge >= 0.3 is 0 Å². The van der Waals surface area contributed by atoms with Gasteiger partial charge in [0.1, 0.15) is 0 Å². The Labute approximate surface area is 131 Å². The van der Waals surface area contributed by atoms with E-state index in [1.54, 1.807) is 6.07 Å². The second-order valence-corrected chi connectivity index (χ2v) is 5.12. The predicted molar refractivity (Wildman–Crippen MR) is 88.5 cm³/mol. The molecule has 0 fully saturated rings. The Morgan fingerprint density at radius 1 is 1.23 bits per heavy atom. The van der Waals surface area contributed by atoms with Crippen molar-refractivity contribution in [1.82, 2.24) is 5.32 Å². The van der Waals surface area contributed by atoms with E-state index in [0.29, 0.717) is 5.56 Å². The maximum atomic E-state index is 12.5. The molecule has 0 saturated carbocycles. The highest BCUT2D eigenvalue weighted by atomic mass is 16.6. The zero-order valence-corrected chi connectivity index (χ0v) is 13.8. The molecular weight excluding hydrogens is 282 g/mol. The van der Waals surface area contributed by atoms with Crippen LogP contribution in [0.25, 0.3) is 0 Å². The standard InChI is InChI=1S/C16H25N3O3/c1-5-12(6-2)17-16(20)14-11-13(19(21)22)9-10-15(14)18(7-3)8-4/h9-12H,5-8H2,1-4H3,(H,17,20). The van der Waals surface area contributed by atoms with Gasteiger partial charge in [-0.15, -0.1) is 0 Å². The minimum absolute atomic E-state index is 0.0643. The van der Waals surface area contributed by atoms with Crippen LogP contribution in [0.4, 0.5) is 11.4 Å². The average molecular weight is 307 g/mol. The summed E-state index contributed by atoms with van der Waals surface area (Å²) in [7, 11) is 0. The fourth-order valence-corrected chi connectivity index (χ4v) is 2.42. The molecule has 0 aliphatic rings. The monoisotopic (exact) mass is 307 g/mol. The Balaban J connectivity index is 3.24. The number of benzene rings is 1. The van der Waals surface area contributed by atoms with Gasteiger partial charge in [-0.25, -0.2) is 0 Å². The first kappa shape index (κ1) is 17.9. The molecule has 0 unspecified atom stereocenters. The number of hydrogen-bond acceptors (Lipinski definition) is 4. The lowest BCUT2D eigenvalue weighted by molar-refractivity contribution is -0.384. The van der Waals surface area contributed by atoms with Crippen LogP contribution >= 0.6 is 0 Å². The first-order valence-electron chi connectivity index (χ1n) is 7.82. The zero-order chi connectivity index (χ0) is 16.7. The topological polar surface area (TPSA) is 75.5 Å². The van der Waals surface area contributed by atoms with Gasteiger partial charge in [0.05, 0.1) is 10.5 Å². The quantitative estimate of drug-likeness (QED) is 0.590. The highest BCUT2D eigenvalue weighted by Crippen LogP contribution is 2.25. The average Bonchev–Trinajstić information content (AvgIpc) is 2.53. The number of nitrogens with one attached hydrogen (secondary N) is 1. The molecule has 0 bridgehead atoms. The van der Waals surface area contributed by atoms with Crippen molar-refractivity contribution in [2.75, 3.05) is 18.0 Å². The molecule has 0 spiro atoms. The van der Waals surface area contributed by atoms with Gasteiger partial charge in [0, 0.05) is 37.0 Å². The van der Waals surface area contributed by atoms with Gasteiger partial charge in [-0.2, -0.15) is 0 Å². The van der Waals surface area contributed by atoms with E-state index in [0.717, 1.165) is 31.6 Å². The first-order chi connectivity index (χ1) is 10.5. The largest absolute Gasteiger partial charge is 0.371 e. The Kier molecular flexibility index (Phi) is 6.82. The summed E-state index contributed by atoms with van der Waals surface area (Å²) in [5, 5.41) is 13.9. The summed E-state index contributed by atoms with van der Waals surface area (Å²) in [6.45, 7) is 9.47. The molecular formula is C16H25N3O3. The molecule has 1 N–H and O–H groups in total. The van der Waals surface area contributed by atoms with Crippen molar-refractivity contribution in [2.24, 2.45) is 0 Å². The number of nitro groups is 1. The van der Waals surface area contributed by atoms with E-state index in [4.69, 9.17) is 0 Å². The number of rotatable bonds is 8. The Hall–Kier alpha value is -2.11. The number of anilines is 1. The molecule has 122 valence electrons. The van der Waals surface area contributed by atoms with E-state index in [2.05, 4.69) is 5.32 Å². The van der Waals surface area contributed by atoms with Crippen LogP contribution in [0.3, 0.4) is 0 Å². The van der Waals surface area contributed by atoms with Crippen molar-refractivity contribution < 1.29 is 9.72 Å². The van der Waals surface area contributed by atoms with E-state index in [9.17, 15) is 14.9 Å². The fourth-order valence-electron chi connectivity index (χ4n) is 2.42. The molecule has 0 aromatic heterocycles. The van der Waals surface area contributed by atoms with Gasteiger partial charge in [0.2, 0.25) is 0 Å². The van der Waals surface area contributed by atoms with E-state index in [1.807, 2.05) is 32.6 Å². The summed E-state index contributed by atoms with van der Waals surface area (Å²) in [5.41, 5.74) is 1.04. The van der Waals surface area contributed by atoms with Crippen LogP contribution < -0.4 is 10.2 Å². The van der Waals surface area contributed by atoms with Crippen molar-refractivity contribution in [1.29, 1.82) is 0 Å². The van der Waals surface area contributed by atoms with Crippen LogP contribution in [-0.2, 0) is 0 Å². The summed E-state index contributed by atoms with van der Waals surface area (Å²) in [5.74, 6) is -0.251. The summed E-state index contributed by atoms with van der Waals surface area (Å²) < 4.78 is 0. The minimum atomic E-state index is -0.472. The smallest absolute Gasteiger partial charge is 0.270 e. The molecule has 1 aromatic carbocycles. The molecule has 0 aliphatic heterocycles. The van der Waals surface area contributed by atoms with E-state index in [-0.39, 0.29) is 17.6 Å². The number of carbonyl (C=O) groups excluding carboxylic acids is 1. The van der Waals surface area contributed by atoms with Gasteiger partial charge < -0.3 is 10.2 Å². The van der Waals surface area contributed by atoms with Crippen LogP contribution in [0.5, 0.6) is 0 Å². The van der Waals surface area contributed by atoms with Crippen molar-refractivity contribution in [3.05, 3.63) is 33.9 Å². The number of amides is 1. The predicted octanol–water partition coefficient (Wildman–Crippen LogP) is 3.36. The molecule has 6 heteroatoms. The molecule has 1 aromatic rings. The third kappa shape index (κ3) is 4.19. The number of nitrogens with zero attached hydrogens (tertiary/aromatic N) is 2. The fraction of sp³-hybridized carbons (Fsp3) is 0.562. The molecule has 0 saturated heterocycles.